The fourth-order valence-electron chi connectivity index (χ4n) is 2.05. The van der Waals surface area contributed by atoms with Crippen LogP contribution in [0.2, 0.25) is 0 Å². The molecule has 0 bridgehead atoms. The maximum Gasteiger partial charge on any atom is 0.416 e. The summed E-state index contributed by atoms with van der Waals surface area (Å²) in [5.41, 5.74) is 6.64. The van der Waals surface area contributed by atoms with Gasteiger partial charge < -0.3 is 16.4 Å². The van der Waals surface area contributed by atoms with E-state index in [0.29, 0.717) is 17.2 Å². The monoisotopic (exact) mass is 346 g/mol. The minimum Gasteiger partial charge on any atom is -0.393 e. The van der Waals surface area contributed by atoms with E-state index in [-0.39, 0.29) is 11.5 Å². The largest absolute Gasteiger partial charge is 0.416 e. The molecule has 0 spiro atoms. The van der Waals surface area contributed by atoms with Crippen molar-refractivity contribution in [3.05, 3.63) is 60.7 Å². The van der Waals surface area contributed by atoms with Crippen molar-refractivity contribution in [1.82, 2.24) is 15.0 Å². The van der Waals surface area contributed by atoms with E-state index >= 15 is 0 Å². The Kier molecular flexibility index (Phi) is 4.38. The predicted octanol–water partition coefficient (Wildman–Crippen LogP) is 3.96. The van der Waals surface area contributed by atoms with Crippen molar-refractivity contribution in [2.45, 2.75) is 6.18 Å². The molecule has 0 aliphatic carbocycles. The molecule has 0 fully saturated rings. The van der Waals surface area contributed by atoms with Crippen molar-refractivity contribution in [2.75, 3.05) is 16.4 Å². The maximum absolute atomic E-state index is 12.6. The molecule has 0 aliphatic rings. The van der Waals surface area contributed by atoms with Gasteiger partial charge in [-0.05, 0) is 36.4 Å². The molecule has 6 nitrogen and oxygen atoms in total. The molecule has 4 N–H and O–H groups in total. The van der Waals surface area contributed by atoms with Crippen LogP contribution in [-0.2, 0) is 6.18 Å². The van der Waals surface area contributed by atoms with Crippen LogP contribution in [0.15, 0.2) is 55.1 Å². The lowest BCUT2D eigenvalue weighted by Crippen LogP contribution is -2.06. The Bertz CT molecular complexity index is 850. The van der Waals surface area contributed by atoms with E-state index in [1.807, 2.05) is 0 Å². The minimum absolute atomic E-state index is 0.228. The standard InChI is InChI=1S/C16H13F3N6/c17-16(18,19)10-3-5-11(6-4-10)24-14-13(20)15(23-9-22-14)25-12-2-1-7-21-8-12/h1-9H,20H2,(H2,22,23,24,25). The third-order valence-corrected chi connectivity index (χ3v) is 3.28. The molecule has 0 aliphatic heterocycles. The Morgan fingerprint density at radius 1 is 0.880 bits per heavy atom. The lowest BCUT2D eigenvalue weighted by Gasteiger charge is -2.13. The van der Waals surface area contributed by atoms with Crippen molar-refractivity contribution >= 4 is 28.7 Å². The first-order valence-corrected chi connectivity index (χ1v) is 7.15. The van der Waals surface area contributed by atoms with Gasteiger partial charge in [0.05, 0.1) is 17.4 Å². The highest BCUT2D eigenvalue weighted by atomic mass is 19.4. The van der Waals surface area contributed by atoms with Gasteiger partial charge in [0.15, 0.2) is 11.6 Å². The number of benzene rings is 1. The average molecular weight is 346 g/mol. The number of hydrogen-bond donors (Lipinski definition) is 3. The maximum atomic E-state index is 12.6. The normalized spacial score (nSPS) is 11.2. The lowest BCUT2D eigenvalue weighted by molar-refractivity contribution is -0.137. The fourth-order valence-corrected chi connectivity index (χ4v) is 2.05. The second-order valence-corrected chi connectivity index (χ2v) is 5.05. The van der Waals surface area contributed by atoms with Crippen LogP contribution in [0.5, 0.6) is 0 Å². The summed E-state index contributed by atoms with van der Waals surface area (Å²) in [5, 5.41) is 5.88. The summed E-state index contributed by atoms with van der Waals surface area (Å²) < 4.78 is 37.8. The molecule has 0 amide bonds. The van der Waals surface area contributed by atoms with Gasteiger partial charge in [0.2, 0.25) is 0 Å². The van der Waals surface area contributed by atoms with Crippen molar-refractivity contribution in [3.63, 3.8) is 0 Å². The van der Waals surface area contributed by atoms with Gasteiger partial charge in [-0.3, -0.25) is 4.98 Å². The fraction of sp³-hybridized carbons (Fsp3) is 0.0625. The molecule has 1 aromatic carbocycles. The van der Waals surface area contributed by atoms with Crippen LogP contribution in [0.3, 0.4) is 0 Å². The SMILES string of the molecule is Nc1c(Nc2ccc(C(F)(F)F)cc2)ncnc1Nc1cccnc1. The van der Waals surface area contributed by atoms with Gasteiger partial charge in [-0.15, -0.1) is 0 Å². The molecular weight excluding hydrogens is 333 g/mol. The molecule has 0 saturated heterocycles. The molecule has 2 aromatic heterocycles. The highest BCUT2D eigenvalue weighted by Crippen LogP contribution is 2.31. The van der Waals surface area contributed by atoms with Crippen molar-refractivity contribution in [3.8, 4) is 0 Å². The summed E-state index contributed by atoms with van der Waals surface area (Å²) in [4.78, 5) is 12.1. The highest BCUT2D eigenvalue weighted by Gasteiger charge is 2.29. The molecule has 0 saturated carbocycles. The van der Waals surface area contributed by atoms with Crippen LogP contribution >= 0.6 is 0 Å². The first-order chi connectivity index (χ1) is 11.9. The predicted molar refractivity (Wildman–Crippen MR) is 88.7 cm³/mol. The number of pyridine rings is 1. The third-order valence-electron chi connectivity index (χ3n) is 3.28. The number of nitrogens with zero attached hydrogens (tertiary/aromatic N) is 3. The van der Waals surface area contributed by atoms with Crippen LogP contribution in [0, 0.1) is 0 Å². The summed E-state index contributed by atoms with van der Waals surface area (Å²) in [7, 11) is 0. The number of rotatable bonds is 4. The number of alkyl halides is 3. The Hall–Kier alpha value is -3.36. The number of halogens is 3. The zero-order chi connectivity index (χ0) is 17.9. The van der Waals surface area contributed by atoms with Gasteiger partial charge in [-0.1, -0.05) is 0 Å². The zero-order valence-corrected chi connectivity index (χ0v) is 12.7. The Morgan fingerprint density at radius 2 is 1.52 bits per heavy atom. The summed E-state index contributed by atoms with van der Waals surface area (Å²) in [6, 6.07) is 8.11. The van der Waals surface area contributed by atoms with Crippen LogP contribution in [-0.4, -0.2) is 15.0 Å². The summed E-state index contributed by atoms with van der Waals surface area (Å²) in [5.74, 6) is 0.638. The van der Waals surface area contributed by atoms with Crippen LogP contribution < -0.4 is 16.4 Å². The van der Waals surface area contributed by atoms with Crippen LogP contribution in [0.25, 0.3) is 0 Å². The highest BCUT2D eigenvalue weighted by molar-refractivity contribution is 5.80. The van der Waals surface area contributed by atoms with Crippen LogP contribution in [0.4, 0.5) is 41.9 Å². The molecular formula is C16H13F3N6. The molecule has 9 heteroatoms. The zero-order valence-electron chi connectivity index (χ0n) is 12.7. The van der Waals surface area contributed by atoms with Gasteiger partial charge in [-0.2, -0.15) is 13.2 Å². The second-order valence-electron chi connectivity index (χ2n) is 5.05. The number of nitrogens with one attached hydrogen (secondary N) is 2. The van der Waals surface area contributed by atoms with Gasteiger partial charge in [0.25, 0.3) is 0 Å². The minimum atomic E-state index is -4.38. The summed E-state index contributed by atoms with van der Waals surface area (Å²) in [6.07, 6.45) is 0.144. The smallest absolute Gasteiger partial charge is 0.393 e. The molecule has 0 radical (unpaired) electrons. The number of hydrogen-bond acceptors (Lipinski definition) is 6. The molecule has 3 aromatic rings. The third kappa shape index (κ3) is 3.94. The van der Waals surface area contributed by atoms with Gasteiger partial charge >= 0.3 is 6.18 Å². The van der Waals surface area contributed by atoms with E-state index in [1.165, 1.54) is 18.5 Å². The first kappa shape index (κ1) is 16.5. The first-order valence-electron chi connectivity index (χ1n) is 7.15. The van der Waals surface area contributed by atoms with E-state index in [4.69, 9.17) is 5.73 Å². The second kappa shape index (κ2) is 6.63. The molecule has 2 heterocycles. The van der Waals surface area contributed by atoms with Crippen molar-refractivity contribution in [2.24, 2.45) is 0 Å². The summed E-state index contributed by atoms with van der Waals surface area (Å²) in [6.45, 7) is 0. The van der Waals surface area contributed by atoms with Gasteiger partial charge in [-0.25, -0.2) is 9.97 Å². The number of nitrogens with two attached hydrogens (primary N) is 1. The van der Waals surface area contributed by atoms with E-state index in [2.05, 4.69) is 25.6 Å². The topological polar surface area (TPSA) is 88.8 Å². The van der Waals surface area contributed by atoms with Crippen molar-refractivity contribution < 1.29 is 13.2 Å². The number of nitrogen functional groups attached to an aromatic ring is 1. The Labute approximate surface area is 141 Å². The molecule has 3 rings (SSSR count). The molecule has 0 unspecified atom stereocenters. The van der Waals surface area contributed by atoms with Gasteiger partial charge in [0, 0.05) is 11.9 Å². The van der Waals surface area contributed by atoms with E-state index in [9.17, 15) is 13.2 Å². The molecule has 25 heavy (non-hydrogen) atoms. The number of anilines is 5. The summed E-state index contributed by atoms with van der Waals surface area (Å²) >= 11 is 0. The quantitative estimate of drug-likeness (QED) is 0.663. The van der Waals surface area contributed by atoms with Crippen molar-refractivity contribution in [1.29, 1.82) is 0 Å². The Morgan fingerprint density at radius 3 is 2.08 bits per heavy atom. The average Bonchev–Trinajstić information content (AvgIpc) is 2.59. The van der Waals surface area contributed by atoms with E-state index in [0.717, 1.165) is 12.1 Å². The Balaban J connectivity index is 1.80. The van der Waals surface area contributed by atoms with Gasteiger partial charge in [0.1, 0.15) is 12.0 Å². The van der Waals surface area contributed by atoms with E-state index < -0.39 is 11.7 Å². The molecule has 128 valence electrons. The van der Waals surface area contributed by atoms with E-state index in [1.54, 1.807) is 24.5 Å². The van der Waals surface area contributed by atoms with Crippen LogP contribution in [0.1, 0.15) is 5.56 Å². The number of aromatic nitrogens is 3. The molecule has 0 atom stereocenters. The lowest BCUT2D eigenvalue weighted by atomic mass is 10.2.